The van der Waals surface area contributed by atoms with Gasteiger partial charge in [0.05, 0.1) is 17.0 Å². The number of rotatable bonds is 5. The van der Waals surface area contributed by atoms with E-state index in [9.17, 15) is 24.2 Å². The number of nitrogens with zero attached hydrogens (tertiary/aromatic N) is 2. The molecule has 0 aliphatic carbocycles. The summed E-state index contributed by atoms with van der Waals surface area (Å²) in [4.78, 5) is 25.0. The molecule has 150 valence electrons. The van der Waals surface area contributed by atoms with Crippen molar-refractivity contribution in [1.82, 2.24) is 10.9 Å². The SMILES string of the molecule is CC1=NN(c2cccc(CF)c2)C(=O)/C1=C(/C)NNC(=O)c1ccc(O)c(O)c1. The number of phenolic OH excluding ortho intramolecular Hbond substituents is 2. The van der Waals surface area contributed by atoms with Gasteiger partial charge in [-0.15, -0.1) is 0 Å². The number of hydrazine groups is 1. The molecule has 1 aliphatic heterocycles. The third kappa shape index (κ3) is 4.03. The number of carbonyl (C=O) groups is 2. The van der Waals surface area contributed by atoms with Crippen molar-refractivity contribution >= 4 is 23.2 Å². The summed E-state index contributed by atoms with van der Waals surface area (Å²) >= 11 is 0. The minimum Gasteiger partial charge on any atom is -0.504 e. The number of benzene rings is 2. The van der Waals surface area contributed by atoms with Crippen LogP contribution in [-0.4, -0.2) is 27.7 Å². The summed E-state index contributed by atoms with van der Waals surface area (Å²) in [6.45, 7) is 2.60. The van der Waals surface area contributed by atoms with Crippen LogP contribution >= 0.6 is 0 Å². The zero-order valence-electron chi connectivity index (χ0n) is 15.7. The normalized spacial score (nSPS) is 15.2. The zero-order chi connectivity index (χ0) is 21.1. The van der Waals surface area contributed by atoms with Gasteiger partial charge in [0.25, 0.3) is 11.8 Å². The molecule has 0 radical (unpaired) electrons. The predicted octanol–water partition coefficient (Wildman–Crippen LogP) is 2.50. The number of phenols is 2. The fraction of sp³-hybridized carbons (Fsp3) is 0.150. The lowest BCUT2D eigenvalue weighted by molar-refractivity contribution is -0.114. The first-order valence-electron chi connectivity index (χ1n) is 8.66. The molecule has 0 spiro atoms. The summed E-state index contributed by atoms with van der Waals surface area (Å²) in [5.74, 6) is -1.76. The van der Waals surface area contributed by atoms with Crippen LogP contribution in [0, 0.1) is 0 Å². The van der Waals surface area contributed by atoms with Crippen molar-refractivity contribution in [2.24, 2.45) is 5.10 Å². The highest BCUT2D eigenvalue weighted by atomic mass is 19.1. The van der Waals surface area contributed by atoms with Crippen molar-refractivity contribution in [1.29, 1.82) is 0 Å². The number of aromatic hydroxyl groups is 2. The maximum atomic E-state index is 12.9. The number of halogens is 1. The second-order valence-electron chi connectivity index (χ2n) is 6.39. The zero-order valence-corrected chi connectivity index (χ0v) is 15.7. The largest absolute Gasteiger partial charge is 0.504 e. The van der Waals surface area contributed by atoms with E-state index in [-0.39, 0.29) is 16.9 Å². The Labute approximate surface area is 165 Å². The standard InChI is InChI=1S/C20H19FN4O4/c1-11(22-23-19(28)14-6-7-16(26)17(27)9-14)18-12(2)24-25(20(18)29)15-5-3-4-13(8-15)10-21/h3-9,22,26-27H,10H2,1-2H3,(H,23,28)/b18-11-. The van der Waals surface area contributed by atoms with E-state index in [1.54, 1.807) is 38.1 Å². The summed E-state index contributed by atoms with van der Waals surface area (Å²) in [6.07, 6.45) is 0. The predicted molar refractivity (Wildman–Crippen MR) is 105 cm³/mol. The topological polar surface area (TPSA) is 114 Å². The Morgan fingerprint density at radius 1 is 1.14 bits per heavy atom. The Morgan fingerprint density at radius 3 is 2.59 bits per heavy atom. The Morgan fingerprint density at radius 2 is 1.90 bits per heavy atom. The van der Waals surface area contributed by atoms with Gasteiger partial charge in [-0.1, -0.05) is 12.1 Å². The van der Waals surface area contributed by atoms with Crippen molar-refractivity contribution in [2.75, 3.05) is 5.01 Å². The molecule has 1 aliphatic rings. The van der Waals surface area contributed by atoms with Gasteiger partial charge in [0.1, 0.15) is 6.67 Å². The molecule has 0 aromatic heterocycles. The second kappa shape index (κ2) is 8.01. The number of hydrogen-bond donors (Lipinski definition) is 4. The molecule has 0 fully saturated rings. The minimum absolute atomic E-state index is 0.110. The Kier molecular flexibility index (Phi) is 5.49. The summed E-state index contributed by atoms with van der Waals surface area (Å²) < 4.78 is 12.9. The molecule has 8 nitrogen and oxygen atoms in total. The number of carbonyl (C=O) groups excluding carboxylic acids is 2. The van der Waals surface area contributed by atoms with Crippen molar-refractivity contribution in [3.63, 3.8) is 0 Å². The molecule has 0 unspecified atom stereocenters. The monoisotopic (exact) mass is 398 g/mol. The van der Waals surface area contributed by atoms with E-state index in [1.165, 1.54) is 17.1 Å². The number of nitrogens with one attached hydrogen (secondary N) is 2. The quantitative estimate of drug-likeness (QED) is 0.351. The van der Waals surface area contributed by atoms with Crippen molar-refractivity contribution < 1.29 is 24.2 Å². The van der Waals surface area contributed by atoms with Crippen LogP contribution in [-0.2, 0) is 11.5 Å². The van der Waals surface area contributed by atoms with Gasteiger partial charge in [-0.05, 0) is 49.7 Å². The maximum Gasteiger partial charge on any atom is 0.282 e. The van der Waals surface area contributed by atoms with E-state index in [0.29, 0.717) is 22.7 Å². The lowest BCUT2D eigenvalue weighted by Crippen LogP contribution is -2.37. The van der Waals surface area contributed by atoms with E-state index in [4.69, 9.17) is 0 Å². The third-order valence-electron chi connectivity index (χ3n) is 4.30. The van der Waals surface area contributed by atoms with Crippen LogP contribution in [0.1, 0.15) is 29.8 Å². The van der Waals surface area contributed by atoms with Crippen LogP contribution in [0.2, 0.25) is 0 Å². The molecule has 0 saturated carbocycles. The van der Waals surface area contributed by atoms with E-state index in [1.807, 2.05) is 0 Å². The Bertz CT molecular complexity index is 1050. The molecule has 2 aromatic carbocycles. The fourth-order valence-electron chi connectivity index (χ4n) is 2.83. The highest BCUT2D eigenvalue weighted by Crippen LogP contribution is 2.26. The molecule has 0 bridgehead atoms. The van der Waals surface area contributed by atoms with Gasteiger partial charge in [-0.2, -0.15) is 10.1 Å². The number of anilines is 1. The molecule has 29 heavy (non-hydrogen) atoms. The lowest BCUT2D eigenvalue weighted by atomic mass is 10.1. The molecule has 1 heterocycles. The Balaban J connectivity index is 1.76. The van der Waals surface area contributed by atoms with Gasteiger partial charge in [-0.25, -0.2) is 4.39 Å². The molecule has 2 aromatic rings. The molecular weight excluding hydrogens is 379 g/mol. The first-order chi connectivity index (χ1) is 13.8. The van der Waals surface area contributed by atoms with Gasteiger partial charge < -0.3 is 15.6 Å². The number of allylic oxidation sites excluding steroid dienone is 1. The molecule has 0 atom stereocenters. The molecule has 0 saturated heterocycles. The molecule has 4 N–H and O–H groups in total. The Hall–Kier alpha value is -3.88. The van der Waals surface area contributed by atoms with Crippen LogP contribution in [0.5, 0.6) is 11.5 Å². The molecule has 9 heteroatoms. The van der Waals surface area contributed by atoms with Crippen LogP contribution in [0.25, 0.3) is 0 Å². The van der Waals surface area contributed by atoms with Gasteiger partial charge in [-0.3, -0.25) is 15.0 Å². The average molecular weight is 398 g/mol. The fourth-order valence-corrected chi connectivity index (χ4v) is 2.83. The van der Waals surface area contributed by atoms with Crippen LogP contribution in [0.15, 0.2) is 58.8 Å². The number of hydrogen-bond acceptors (Lipinski definition) is 6. The van der Waals surface area contributed by atoms with Crippen LogP contribution in [0.3, 0.4) is 0 Å². The maximum absolute atomic E-state index is 12.9. The first kappa shape index (κ1) is 19.9. The van der Waals surface area contributed by atoms with Gasteiger partial charge in [0.15, 0.2) is 11.5 Å². The van der Waals surface area contributed by atoms with E-state index in [0.717, 1.165) is 6.07 Å². The minimum atomic E-state index is -0.652. The number of hydrazone groups is 1. The number of alkyl halides is 1. The van der Waals surface area contributed by atoms with E-state index < -0.39 is 24.2 Å². The van der Waals surface area contributed by atoms with Gasteiger partial charge >= 0.3 is 0 Å². The summed E-state index contributed by atoms with van der Waals surface area (Å²) in [6, 6.07) is 10.1. The summed E-state index contributed by atoms with van der Waals surface area (Å²) in [5, 5.41) is 24.2. The highest BCUT2D eigenvalue weighted by Gasteiger charge is 2.31. The van der Waals surface area contributed by atoms with E-state index in [2.05, 4.69) is 16.0 Å². The molecule has 2 amide bonds. The number of amides is 2. The average Bonchev–Trinajstić information content (AvgIpc) is 3.02. The third-order valence-corrected chi connectivity index (χ3v) is 4.30. The molecule has 3 rings (SSSR count). The van der Waals surface area contributed by atoms with Gasteiger partial charge in [0, 0.05) is 11.3 Å². The first-order valence-corrected chi connectivity index (χ1v) is 8.66. The molecular formula is C20H19FN4O4. The van der Waals surface area contributed by atoms with Crippen LogP contribution in [0.4, 0.5) is 10.1 Å². The summed E-state index contributed by atoms with van der Waals surface area (Å²) in [5.41, 5.74) is 7.12. The van der Waals surface area contributed by atoms with Gasteiger partial charge in [0.2, 0.25) is 0 Å². The lowest BCUT2D eigenvalue weighted by Gasteiger charge is -2.14. The van der Waals surface area contributed by atoms with Crippen molar-refractivity contribution in [3.8, 4) is 11.5 Å². The van der Waals surface area contributed by atoms with Crippen molar-refractivity contribution in [2.45, 2.75) is 20.5 Å². The van der Waals surface area contributed by atoms with Crippen LogP contribution < -0.4 is 15.9 Å². The van der Waals surface area contributed by atoms with E-state index >= 15 is 0 Å². The van der Waals surface area contributed by atoms with Crippen molar-refractivity contribution in [3.05, 3.63) is 64.9 Å². The summed E-state index contributed by atoms with van der Waals surface area (Å²) in [7, 11) is 0. The smallest absolute Gasteiger partial charge is 0.282 e. The highest BCUT2D eigenvalue weighted by molar-refractivity contribution is 6.30. The second-order valence-corrected chi connectivity index (χ2v) is 6.39.